The van der Waals surface area contributed by atoms with Gasteiger partial charge in [-0.1, -0.05) is 60.2 Å². The highest BCUT2D eigenvalue weighted by atomic mass is 16.5. The van der Waals surface area contributed by atoms with Crippen LogP contribution in [0.1, 0.15) is 48.0 Å². The summed E-state index contributed by atoms with van der Waals surface area (Å²) in [6.45, 7) is 0.158. The molecule has 2 N–H and O–H groups in total. The Morgan fingerprint density at radius 1 is 0.938 bits per heavy atom. The highest BCUT2D eigenvalue weighted by Crippen LogP contribution is 2.19. The van der Waals surface area contributed by atoms with Crippen molar-refractivity contribution in [2.24, 2.45) is 0 Å². The quantitative estimate of drug-likeness (QED) is 0.442. The lowest BCUT2D eigenvalue weighted by Gasteiger charge is -2.18. The number of hydrogen-bond donors (Lipinski definition) is 2. The Balaban J connectivity index is 1.52. The molecule has 0 unspecified atom stereocenters. The Labute approximate surface area is 189 Å². The molecule has 1 aliphatic rings. The third kappa shape index (κ3) is 7.69. The standard InChI is InChI=1S/C26H30N2O4/c29-24(27-17-16-20-10-4-1-5-11-20)19-32-26(31)23(18-21-12-6-2-7-13-21)28-25(30)22-14-8-3-9-15-22/h2-3,6-10,12-15,23H,1,4-5,11,16-19H2,(H,27,29)(H,28,30)/t23-/m1/s1. The number of carbonyl (C=O) groups excluding carboxylic acids is 3. The molecule has 2 amide bonds. The summed E-state index contributed by atoms with van der Waals surface area (Å²) in [7, 11) is 0. The minimum absolute atomic E-state index is 0.272. The number of amides is 2. The molecule has 0 fully saturated rings. The second kappa shape index (κ2) is 12.4. The molecule has 0 aromatic heterocycles. The van der Waals surface area contributed by atoms with Gasteiger partial charge in [0.25, 0.3) is 11.8 Å². The van der Waals surface area contributed by atoms with Crippen LogP contribution in [0.15, 0.2) is 72.3 Å². The number of rotatable bonds is 10. The number of benzene rings is 2. The Hall–Kier alpha value is -3.41. The van der Waals surface area contributed by atoms with E-state index in [1.807, 2.05) is 36.4 Å². The summed E-state index contributed by atoms with van der Waals surface area (Å²) < 4.78 is 5.24. The Bertz CT molecular complexity index is 925. The topological polar surface area (TPSA) is 84.5 Å². The molecule has 2 aromatic carbocycles. The lowest BCUT2D eigenvalue weighted by atomic mass is 9.97. The summed E-state index contributed by atoms with van der Waals surface area (Å²) >= 11 is 0. The highest BCUT2D eigenvalue weighted by Gasteiger charge is 2.24. The van der Waals surface area contributed by atoms with Crippen molar-refractivity contribution >= 4 is 17.8 Å². The zero-order chi connectivity index (χ0) is 22.6. The Morgan fingerprint density at radius 2 is 1.66 bits per heavy atom. The minimum atomic E-state index is -0.898. The summed E-state index contributed by atoms with van der Waals surface area (Å²) in [6.07, 6.45) is 7.98. The van der Waals surface area contributed by atoms with Gasteiger partial charge in [-0.25, -0.2) is 4.79 Å². The molecule has 168 valence electrons. The van der Waals surface area contributed by atoms with Crippen LogP contribution in [0.25, 0.3) is 0 Å². The first-order chi connectivity index (χ1) is 15.6. The predicted octanol–water partition coefficient (Wildman–Crippen LogP) is 3.58. The van der Waals surface area contributed by atoms with Crippen LogP contribution < -0.4 is 10.6 Å². The Morgan fingerprint density at radius 3 is 2.34 bits per heavy atom. The third-order valence-electron chi connectivity index (χ3n) is 5.41. The minimum Gasteiger partial charge on any atom is -0.454 e. The molecule has 0 radical (unpaired) electrons. The van der Waals surface area contributed by atoms with E-state index in [2.05, 4.69) is 16.7 Å². The molecule has 0 saturated heterocycles. The lowest BCUT2D eigenvalue weighted by Crippen LogP contribution is -2.44. The first-order valence-corrected chi connectivity index (χ1v) is 11.1. The molecule has 0 aliphatic heterocycles. The molecule has 1 aliphatic carbocycles. The molecule has 6 heteroatoms. The number of allylic oxidation sites excluding steroid dienone is 1. The van der Waals surface area contributed by atoms with Crippen molar-refractivity contribution in [3.05, 3.63) is 83.4 Å². The van der Waals surface area contributed by atoms with Gasteiger partial charge in [0.15, 0.2) is 6.61 Å². The molecule has 2 aromatic rings. The van der Waals surface area contributed by atoms with Gasteiger partial charge in [-0.3, -0.25) is 9.59 Å². The second-order valence-electron chi connectivity index (χ2n) is 7.90. The number of nitrogens with one attached hydrogen (secondary N) is 2. The maximum Gasteiger partial charge on any atom is 0.329 e. The van der Waals surface area contributed by atoms with Gasteiger partial charge in [0, 0.05) is 18.5 Å². The molecule has 32 heavy (non-hydrogen) atoms. The molecule has 0 bridgehead atoms. The summed E-state index contributed by atoms with van der Waals surface area (Å²) in [6, 6.07) is 17.2. The van der Waals surface area contributed by atoms with E-state index in [-0.39, 0.29) is 24.8 Å². The van der Waals surface area contributed by atoms with Crippen LogP contribution in [0.4, 0.5) is 0 Å². The van der Waals surface area contributed by atoms with Gasteiger partial charge in [0.2, 0.25) is 0 Å². The molecule has 0 spiro atoms. The fourth-order valence-corrected chi connectivity index (χ4v) is 3.66. The predicted molar refractivity (Wildman–Crippen MR) is 123 cm³/mol. The van der Waals surface area contributed by atoms with Crippen molar-refractivity contribution in [1.29, 1.82) is 0 Å². The molecule has 6 nitrogen and oxygen atoms in total. The van der Waals surface area contributed by atoms with E-state index in [1.165, 1.54) is 18.4 Å². The largest absolute Gasteiger partial charge is 0.454 e. The molecule has 3 rings (SSSR count). The van der Waals surface area contributed by atoms with Crippen LogP contribution in [0, 0.1) is 0 Å². The van der Waals surface area contributed by atoms with Gasteiger partial charge < -0.3 is 15.4 Å². The van der Waals surface area contributed by atoms with E-state index in [0.717, 1.165) is 24.8 Å². The Kier molecular flexibility index (Phi) is 9.05. The van der Waals surface area contributed by atoms with E-state index >= 15 is 0 Å². The number of hydrogen-bond acceptors (Lipinski definition) is 4. The van der Waals surface area contributed by atoms with Crippen LogP contribution in [0.2, 0.25) is 0 Å². The molecule has 0 saturated carbocycles. The van der Waals surface area contributed by atoms with E-state index in [1.54, 1.807) is 24.3 Å². The summed E-state index contributed by atoms with van der Waals surface area (Å²) in [4.78, 5) is 37.4. The van der Waals surface area contributed by atoms with Crippen LogP contribution in [-0.4, -0.2) is 37.0 Å². The van der Waals surface area contributed by atoms with E-state index < -0.39 is 12.0 Å². The van der Waals surface area contributed by atoms with Crippen LogP contribution in [-0.2, 0) is 20.7 Å². The normalized spacial score (nSPS) is 14.1. The third-order valence-corrected chi connectivity index (χ3v) is 5.41. The van der Waals surface area contributed by atoms with Crippen molar-refractivity contribution in [2.45, 2.75) is 44.6 Å². The SMILES string of the molecule is O=C(COC(=O)[C@@H](Cc1ccccc1)NC(=O)c1ccccc1)NCCC1=CCCCC1. The first kappa shape index (κ1) is 23.3. The van der Waals surface area contributed by atoms with E-state index in [9.17, 15) is 14.4 Å². The van der Waals surface area contributed by atoms with E-state index in [0.29, 0.717) is 12.1 Å². The zero-order valence-electron chi connectivity index (χ0n) is 18.2. The van der Waals surface area contributed by atoms with Gasteiger partial charge in [0.1, 0.15) is 6.04 Å². The van der Waals surface area contributed by atoms with Crippen LogP contribution >= 0.6 is 0 Å². The van der Waals surface area contributed by atoms with Crippen molar-refractivity contribution in [1.82, 2.24) is 10.6 Å². The van der Waals surface area contributed by atoms with Gasteiger partial charge >= 0.3 is 5.97 Å². The molecule has 0 heterocycles. The molecular formula is C26H30N2O4. The summed E-state index contributed by atoms with van der Waals surface area (Å²) in [5, 5.41) is 5.54. The van der Waals surface area contributed by atoms with Gasteiger partial charge in [-0.15, -0.1) is 0 Å². The lowest BCUT2D eigenvalue weighted by molar-refractivity contribution is -0.150. The maximum absolute atomic E-state index is 12.7. The highest BCUT2D eigenvalue weighted by molar-refractivity contribution is 5.97. The van der Waals surface area contributed by atoms with Crippen molar-refractivity contribution in [3.8, 4) is 0 Å². The number of ether oxygens (including phenoxy) is 1. The summed E-state index contributed by atoms with van der Waals surface area (Å²) in [5.74, 6) is -1.35. The smallest absolute Gasteiger partial charge is 0.329 e. The second-order valence-corrected chi connectivity index (χ2v) is 7.90. The van der Waals surface area contributed by atoms with Crippen molar-refractivity contribution in [3.63, 3.8) is 0 Å². The first-order valence-electron chi connectivity index (χ1n) is 11.1. The fourth-order valence-electron chi connectivity index (χ4n) is 3.66. The van der Waals surface area contributed by atoms with Crippen LogP contribution in [0.3, 0.4) is 0 Å². The monoisotopic (exact) mass is 434 g/mol. The average Bonchev–Trinajstić information content (AvgIpc) is 2.84. The van der Waals surface area contributed by atoms with Gasteiger partial charge in [0.05, 0.1) is 0 Å². The van der Waals surface area contributed by atoms with Crippen LogP contribution in [0.5, 0.6) is 0 Å². The van der Waals surface area contributed by atoms with Gasteiger partial charge in [-0.2, -0.15) is 0 Å². The van der Waals surface area contributed by atoms with Crippen molar-refractivity contribution < 1.29 is 19.1 Å². The number of esters is 1. The van der Waals surface area contributed by atoms with E-state index in [4.69, 9.17) is 4.74 Å². The van der Waals surface area contributed by atoms with Gasteiger partial charge in [-0.05, 0) is 49.8 Å². The fraction of sp³-hybridized carbons (Fsp3) is 0.346. The molecule has 1 atom stereocenters. The zero-order valence-corrected chi connectivity index (χ0v) is 18.2. The van der Waals surface area contributed by atoms with Crippen molar-refractivity contribution in [2.75, 3.05) is 13.2 Å². The summed E-state index contributed by atoms with van der Waals surface area (Å²) in [5.41, 5.74) is 2.71. The maximum atomic E-state index is 12.7. The number of carbonyl (C=O) groups is 3. The molecular weight excluding hydrogens is 404 g/mol. The average molecular weight is 435 g/mol.